The van der Waals surface area contributed by atoms with Crippen molar-refractivity contribution in [2.75, 3.05) is 25.0 Å². The van der Waals surface area contributed by atoms with Crippen LogP contribution < -0.4 is 15.4 Å². The van der Waals surface area contributed by atoms with E-state index in [1.165, 1.54) is 5.56 Å². The maximum atomic E-state index is 11.9. The van der Waals surface area contributed by atoms with Crippen LogP contribution >= 0.6 is 0 Å². The van der Waals surface area contributed by atoms with Crippen LogP contribution in [0.15, 0.2) is 54.6 Å². The van der Waals surface area contributed by atoms with Gasteiger partial charge in [0.25, 0.3) is 0 Å². The van der Waals surface area contributed by atoms with Gasteiger partial charge in [-0.1, -0.05) is 44.2 Å². The Morgan fingerprint density at radius 2 is 1.75 bits per heavy atom. The Morgan fingerprint density at radius 3 is 2.42 bits per heavy atom. The Balaban J connectivity index is 1.66. The van der Waals surface area contributed by atoms with Gasteiger partial charge in [0, 0.05) is 5.69 Å². The van der Waals surface area contributed by atoms with Crippen LogP contribution in [0.25, 0.3) is 0 Å². The second-order valence-electron chi connectivity index (χ2n) is 6.19. The fourth-order valence-electron chi connectivity index (χ4n) is 2.18. The van der Waals surface area contributed by atoms with Crippen LogP contribution in [0.2, 0.25) is 0 Å². The Bertz CT molecular complexity index is 609. The highest BCUT2D eigenvalue weighted by atomic mass is 16.5. The number of ether oxygens (including phenoxy) is 1. The van der Waals surface area contributed by atoms with Gasteiger partial charge in [0.05, 0.1) is 13.2 Å². The van der Waals surface area contributed by atoms with Crippen LogP contribution in [0.5, 0.6) is 5.75 Å². The van der Waals surface area contributed by atoms with Gasteiger partial charge in [-0.05, 0) is 48.7 Å². The second kappa shape index (κ2) is 9.73. The van der Waals surface area contributed by atoms with Gasteiger partial charge in [-0.25, -0.2) is 0 Å². The first-order valence-electron chi connectivity index (χ1n) is 8.41. The average molecular weight is 326 g/mol. The van der Waals surface area contributed by atoms with Gasteiger partial charge in [0.1, 0.15) is 5.75 Å². The number of amides is 1. The van der Waals surface area contributed by atoms with Crippen molar-refractivity contribution in [3.8, 4) is 5.75 Å². The van der Waals surface area contributed by atoms with Gasteiger partial charge in [-0.3, -0.25) is 4.79 Å². The summed E-state index contributed by atoms with van der Waals surface area (Å²) in [6.45, 7) is 5.99. The Morgan fingerprint density at radius 1 is 1.04 bits per heavy atom. The van der Waals surface area contributed by atoms with Crippen molar-refractivity contribution in [2.24, 2.45) is 5.92 Å². The molecule has 2 N–H and O–H groups in total. The smallest absolute Gasteiger partial charge is 0.238 e. The van der Waals surface area contributed by atoms with Gasteiger partial charge in [0.15, 0.2) is 0 Å². The van der Waals surface area contributed by atoms with Crippen LogP contribution in [-0.2, 0) is 11.2 Å². The summed E-state index contributed by atoms with van der Waals surface area (Å²) in [5, 5.41) is 6.04. The van der Waals surface area contributed by atoms with Gasteiger partial charge < -0.3 is 15.4 Å². The number of carbonyl (C=O) groups is 1. The summed E-state index contributed by atoms with van der Waals surface area (Å²) in [6, 6.07) is 17.7. The van der Waals surface area contributed by atoms with Crippen molar-refractivity contribution in [2.45, 2.75) is 20.3 Å². The normalized spacial score (nSPS) is 10.6. The molecule has 0 saturated heterocycles. The molecule has 4 heteroatoms. The lowest BCUT2D eigenvalue weighted by Crippen LogP contribution is -2.29. The topological polar surface area (TPSA) is 50.4 Å². The third kappa shape index (κ3) is 6.84. The lowest BCUT2D eigenvalue weighted by molar-refractivity contribution is -0.115. The molecule has 0 aliphatic rings. The van der Waals surface area contributed by atoms with E-state index < -0.39 is 0 Å². The minimum atomic E-state index is -0.0427. The van der Waals surface area contributed by atoms with Crippen molar-refractivity contribution >= 4 is 11.6 Å². The van der Waals surface area contributed by atoms with E-state index in [4.69, 9.17) is 4.74 Å². The maximum Gasteiger partial charge on any atom is 0.238 e. The first-order valence-corrected chi connectivity index (χ1v) is 8.41. The molecule has 0 bridgehead atoms. The summed E-state index contributed by atoms with van der Waals surface area (Å²) in [4.78, 5) is 11.9. The molecule has 0 unspecified atom stereocenters. The molecule has 1 amide bonds. The Labute approximate surface area is 144 Å². The SMILES string of the molecule is CC(C)COc1ccc(NC(=O)CNCCc2ccccc2)cc1. The number of benzene rings is 2. The molecule has 0 atom stereocenters. The Hall–Kier alpha value is -2.33. The zero-order chi connectivity index (χ0) is 17.2. The Kier molecular flexibility index (Phi) is 7.30. The van der Waals surface area contributed by atoms with E-state index in [1.807, 2.05) is 42.5 Å². The molecule has 0 aliphatic heterocycles. The molecule has 0 radical (unpaired) electrons. The van der Waals surface area contributed by atoms with Crippen LogP contribution in [0, 0.1) is 5.92 Å². The van der Waals surface area contributed by atoms with Gasteiger partial charge in [0.2, 0.25) is 5.91 Å². The molecular formula is C20H26N2O2. The van der Waals surface area contributed by atoms with Crippen LogP contribution in [0.3, 0.4) is 0 Å². The predicted octanol–water partition coefficient (Wildman–Crippen LogP) is 3.49. The molecule has 0 heterocycles. The van der Waals surface area contributed by atoms with Crippen molar-refractivity contribution in [1.82, 2.24) is 5.32 Å². The lowest BCUT2D eigenvalue weighted by Gasteiger charge is -2.10. The lowest BCUT2D eigenvalue weighted by atomic mass is 10.1. The van der Waals surface area contributed by atoms with E-state index in [0.29, 0.717) is 19.1 Å². The van der Waals surface area contributed by atoms with Gasteiger partial charge in [-0.2, -0.15) is 0 Å². The molecule has 128 valence electrons. The van der Waals surface area contributed by atoms with E-state index in [2.05, 4.69) is 36.6 Å². The zero-order valence-corrected chi connectivity index (χ0v) is 14.4. The molecule has 2 aromatic carbocycles. The quantitative estimate of drug-likeness (QED) is 0.694. The highest BCUT2D eigenvalue weighted by molar-refractivity contribution is 5.92. The van der Waals surface area contributed by atoms with E-state index in [9.17, 15) is 4.79 Å². The number of carbonyl (C=O) groups excluding carboxylic acids is 1. The largest absolute Gasteiger partial charge is 0.493 e. The molecule has 2 aromatic rings. The fraction of sp³-hybridized carbons (Fsp3) is 0.350. The fourth-order valence-corrected chi connectivity index (χ4v) is 2.18. The van der Waals surface area contributed by atoms with Gasteiger partial charge in [-0.15, -0.1) is 0 Å². The number of rotatable bonds is 9. The third-order valence-electron chi connectivity index (χ3n) is 3.44. The highest BCUT2D eigenvalue weighted by Crippen LogP contribution is 2.16. The molecule has 24 heavy (non-hydrogen) atoms. The number of hydrogen-bond acceptors (Lipinski definition) is 3. The number of anilines is 1. The second-order valence-corrected chi connectivity index (χ2v) is 6.19. The summed E-state index contributed by atoms with van der Waals surface area (Å²) in [5.74, 6) is 1.27. The molecule has 4 nitrogen and oxygen atoms in total. The molecule has 0 aliphatic carbocycles. The van der Waals surface area contributed by atoms with Gasteiger partial charge >= 0.3 is 0 Å². The van der Waals surface area contributed by atoms with Crippen molar-refractivity contribution in [3.05, 3.63) is 60.2 Å². The summed E-state index contributed by atoms with van der Waals surface area (Å²) in [5.41, 5.74) is 2.05. The average Bonchev–Trinajstić information content (AvgIpc) is 2.59. The van der Waals surface area contributed by atoms with E-state index in [1.54, 1.807) is 0 Å². The molecule has 0 spiro atoms. The van der Waals surface area contributed by atoms with E-state index in [0.717, 1.165) is 24.4 Å². The van der Waals surface area contributed by atoms with Crippen LogP contribution in [0.1, 0.15) is 19.4 Å². The van der Waals surface area contributed by atoms with Crippen LogP contribution in [0.4, 0.5) is 5.69 Å². The summed E-state index contributed by atoms with van der Waals surface area (Å²) in [6.07, 6.45) is 0.913. The molecule has 0 saturated carbocycles. The summed E-state index contributed by atoms with van der Waals surface area (Å²) < 4.78 is 5.62. The zero-order valence-electron chi connectivity index (χ0n) is 14.4. The summed E-state index contributed by atoms with van der Waals surface area (Å²) in [7, 11) is 0. The summed E-state index contributed by atoms with van der Waals surface area (Å²) >= 11 is 0. The highest BCUT2D eigenvalue weighted by Gasteiger charge is 2.03. The van der Waals surface area contributed by atoms with E-state index >= 15 is 0 Å². The minimum absolute atomic E-state index is 0.0427. The monoisotopic (exact) mass is 326 g/mol. The molecule has 2 rings (SSSR count). The minimum Gasteiger partial charge on any atom is -0.493 e. The van der Waals surface area contributed by atoms with Crippen LogP contribution in [-0.4, -0.2) is 25.6 Å². The predicted molar refractivity (Wildman–Crippen MR) is 98.4 cm³/mol. The van der Waals surface area contributed by atoms with Crippen molar-refractivity contribution in [3.63, 3.8) is 0 Å². The van der Waals surface area contributed by atoms with E-state index in [-0.39, 0.29) is 5.91 Å². The first-order chi connectivity index (χ1) is 11.6. The third-order valence-corrected chi connectivity index (χ3v) is 3.44. The number of nitrogens with one attached hydrogen (secondary N) is 2. The molecule has 0 aromatic heterocycles. The number of hydrogen-bond donors (Lipinski definition) is 2. The molecular weight excluding hydrogens is 300 g/mol. The first kappa shape index (κ1) is 18.0. The maximum absolute atomic E-state index is 11.9. The molecule has 0 fully saturated rings. The van der Waals surface area contributed by atoms with Crippen molar-refractivity contribution in [1.29, 1.82) is 0 Å². The van der Waals surface area contributed by atoms with Crippen molar-refractivity contribution < 1.29 is 9.53 Å². The standard InChI is InChI=1S/C20H26N2O2/c1-16(2)15-24-19-10-8-18(9-11-19)22-20(23)14-21-13-12-17-6-4-3-5-7-17/h3-11,16,21H,12-15H2,1-2H3,(H,22,23).